The first-order valence-corrected chi connectivity index (χ1v) is 7.09. The fourth-order valence-electron chi connectivity index (χ4n) is 3.18. The highest BCUT2D eigenvalue weighted by atomic mass is 16.5. The van der Waals surface area contributed by atoms with Gasteiger partial charge in [0.05, 0.1) is 22.1 Å². The molecule has 3 heteroatoms. The summed E-state index contributed by atoms with van der Waals surface area (Å²) in [5, 5.41) is 0. The average Bonchev–Trinajstić information content (AvgIpc) is 2.52. The molecule has 1 unspecified atom stereocenters. The van der Waals surface area contributed by atoms with Crippen molar-refractivity contribution in [3.8, 4) is 5.75 Å². The van der Waals surface area contributed by atoms with Gasteiger partial charge in [0.25, 0.3) is 0 Å². The molecule has 1 aromatic rings. The Morgan fingerprint density at radius 1 is 1.30 bits per heavy atom. The minimum absolute atomic E-state index is 0.266. The molecular weight excluding hydrogens is 250 g/mol. The van der Waals surface area contributed by atoms with Crippen LogP contribution in [0.15, 0.2) is 24.3 Å². The van der Waals surface area contributed by atoms with Crippen LogP contribution in [-0.2, 0) is 4.74 Å². The average molecular weight is 282 g/mol. The zero-order valence-corrected chi connectivity index (χ0v) is 11.7. The van der Waals surface area contributed by atoms with Crippen LogP contribution < -0.4 is 4.74 Å². The fourth-order valence-corrected chi connectivity index (χ4v) is 3.18. The van der Waals surface area contributed by atoms with Crippen molar-refractivity contribution in [2.24, 2.45) is 0 Å². The molecule has 1 atom stereocenters. The van der Waals surface area contributed by atoms with Gasteiger partial charge in [-0.25, -0.2) is 0 Å². The van der Waals surface area contributed by atoms with Crippen LogP contribution in [0.2, 0.25) is 0 Å². The molecule has 0 N–H and O–H groups in total. The number of methoxy groups -OCH3 is 1. The van der Waals surface area contributed by atoms with E-state index in [-0.39, 0.29) is 4.90 Å². The van der Waals surface area contributed by atoms with Gasteiger partial charge in [-0.05, 0) is 37.5 Å². The highest BCUT2D eigenvalue weighted by Crippen LogP contribution is 2.45. The van der Waals surface area contributed by atoms with E-state index in [0.29, 0.717) is 24.2 Å². The number of nitrogens with zero attached hydrogens (tertiary/aromatic N) is 1. The van der Waals surface area contributed by atoms with E-state index in [1.54, 1.807) is 24.3 Å². The molecule has 110 valence electrons. The van der Waals surface area contributed by atoms with E-state index in [2.05, 4.69) is 0 Å². The lowest BCUT2D eigenvalue weighted by molar-refractivity contribution is -0.161. The maximum absolute atomic E-state index is 8.73. The van der Waals surface area contributed by atoms with Crippen LogP contribution in [0, 0.1) is 0 Å². The Hall–Kier alpha value is -1.06. The predicted octanol–water partition coefficient (Wildman–Crippen LogP) is 3.40. The van der Waals surface area contributed by atoms with Crippen LogP contribution in [0.1, 0.15) is 53.2 Å². The van der Waals surface area contributed by atoms with Crippen molar-refractivity contribution in [1.29, 1.82) is 0 Å². The van der Waals surface area contributed by atoms with Gasteiger partial charge < -0.3 is 9.47 Å². The Morgan fingerprint density at radius 2 is 2.05 bits per heavy atom. The summed E-state index contributed by atoms with van der Waals surface area (Å²) in [5.74, 6) is -0.336. The van der Waals surface area contributed by atoms with Gasteiger partial charge in [0.15, 0.2) is 0 Å². The fraction of sp³-hybridized carbons (Fsp3) is 0.647. The highest BCUT2D eigenvalue weighted by molar-refractivity contribution is 5.32. The van der Waals surface area contributed by atoms with Crippen molar-refractivity contribution in [2.45, 2.75) is 43.6 Å². The number of hydrogen-bond donors (Lipinski definition) is 0. The van der Waals surface area contributed by atoms with Crippen LogP contribution in [0.5, 0.6) is 5.75 Å². The van der Waals surface area contributed by atoms with E-state index < -0.39 is 31.7 Å². The quantitative estimate of drug-likeness (QED) is 0.830. The molecule has 1 aromatic carbocycles. The van der Waals surface area contributed by atoms with Crippen LogP contribution in [0.25, 0.3) is 0 Å². The van der Waals surface area contributed by atoms with Gasteiger partial charge in [0.1, 0.15) is 5.75 Å². The second kappa shape index (κ2) is 5.74. The number of likely N-dealkylation sites (N-methyl/N-ethyl adjacent to an activating group) is 1. The Bertz CT molecular complexity index is 669. The van der Waals surface area contributed by atoms with Crippen molar-refractivity contribution >= 4 is 0 Å². The topological polar surface area (TPSA) is 21.7 Å². The van der Waals surface area contributed by atoms with E-state index in [1.165, 1.54) is 7.11 Å². The number of ether oxygens (including phenoxy) is 2. The first-order valence-electron chi connectivity index (χ1n) is 10.6. The molecule has 1 heterocycles. The van der Waals surface area contributed by atoms with E-state index in [4.69, 9.17) is 19.1 Å². The molecule has 3 nitrogen and oxygen atoms in total. The molecule has 2 aliphatic rings. The molecule has 2 fully saturated rings. The predicted molar refractivity (Wildman–Crippen MR) is 80.1 cm³/mol. The Morgan fingerprint density at radius 3 is 2.70 bits per heavy atom. The zero-order chi connectivity index (χ0) is 20.1. The summed E-state index contributed by atoms with van der Waals surface area (Å²) in [4.78, 5) is 0.266. The van der Waals surface area contributed by atoms with Crippen LogP contribution in [-0.4, -0.2) is 37.8 Å². The molecule has 1 saturated carbocycles. The Kier molecular flexibility index (Phi) is 2.24. The van der Waals surface area contributed by atoms with Gasteiger partial charge in [-0.15, -0.1) is 0 Å². The molecule has 0 aromatic heterocycles. The summed E-state index contributed by atoms with van der Waals surface area (Å²) in [6.07, 6.45) is 3.50. The van der Waals surface area contributed by atoms with Crippen LogP contribution in [0.4, 0.5) is 0 Å². The van der Waals surface area contributed by atoms with E-state index in [9.17, 15) is 0 Å². The molecule has 1 aliphatic carbocycles. The molecule has 3 rings (SSSR count). The van der Waals surface area contributed by atoms with Crippen molar-refractivity contribution in [3.05, 3.63) is 29.8 Å². The number of benzene rings is 1. The summed E-state index contributed by atoms with van der Waals surface area (Å²) < 4.78 is 68.1. The molecule has 1 spiro atoms. The molecule has 1 aliphatic heterocycles. The van der Waals surface area contributed by atoms with Crippen molar-refractivity contribution in [1.82, 2.24) is 4.90 Å². The number of hydrogen-bond acceptors (Lipinski definition) is 3. The van der Waals surface area contributed by atoms with Gasteiger partial charge in [-0.2, -0.15) is 0 Å². The Labute approximate surface area is 131 Å². The minimum Gasteiger partial charge on any atom is -0.497 e. The molecule has 0 radical (unpaired) electrons. The summed E-state index contributed by atoms with van der Waals surface area (Å²) in [7, 11) is 1.53. The normalized spacial score (nSPS) is 37.5. The summed E-state index contributed by atoms with van der Waals surface area (Å²) in [6.45, 7) is -8.21. The maximum Gasteiger partial charge on any atom is 0.118 e. The van der Waals surface area contributed by atoms with Crippen molar-refractivity contribution in [2.75, 3.05) is 27.3 Å². The third-order valence-electron chi connectivity index (χ3n) is 4.27. The summed E-state index contributed by atoms with van der Waals surface area (Å²) in [5.41, 5.74) is -0.519. The lowest BCUT2D eigenvalue weighted by atomic mass is 9.71. The zero-order valence-electron chi connectivity index (χ0n) is 18.7. The van der Waals surface area contributed by atoms with E-state index in [0.717, 1.165) is 19.3 Å². The summed E-state index contributed by atoms with van der Waals surface area (Å²) in [6, 6.07) is 6.81. The van der Waals surface area contributed by atoms with Gasteiger partial charge in [0.2, 0.25) is 0 Å². The Balaban J connectivity index is 2.16. The second-order valence-corrected chi connectivity index (χ2v) is 5.49. The first kappa shape index (κ1) is 7.81. The van der Waals surface area contributed by atoms with E-state index in [1.807, 2.05) is 0 Å². The summed E-state index contributed by atoms with van der Waals surface area (Å²) >= 11 is 0. The van der Waals surface area contributed by atoms with Crippen molar-refractivity contribution in [3.63, 3.8) is 0 Å². The van der Waals surface area contributed by atoms with Gasteiger partial charge in [-0.1, -0.05) is 31.4 Å². The molecule has 1 saturated heterocycles. The maximum atomic E-state index is 8.73. The van der Waals surface area contributed by atoms with Crippen LogP contribution >= 0.6 is 0 Å². The largest absolute Gasteiger partial charge is 0.497 e. The standard InChI is InChI=1S/C17H25NO2/c1-18-12-16(14-6-8-15(19-2)9-7-14)17(20-13-18)10-4-3-5-11-17/h6-9,16H,3-5,10-13H2,1-2H3/i1D3,12D2,13D2. The van der Waals surface area contributed by atoms with E-state index >= 15 is 0 Å². The molecule has 0 bridgehead atoms. The lowest BCUT2D eigenvalue weighted by Gasteiger charge is -2.49. The monoisotopic (exact) mass is 282 g/mol. The first-order chi connectivity index (χ1) is 12.4. The van der Waals surface area contributed by atoms with Gasteiger partial charge >= 0.3 is 0 Å². The SMILES string of the molecule is [2H]C([2H])([2H])N1C([2H])([2H])OC2(CCCCC2)C(c2ccc(OC)cc2)C1([2H])[2H]. The molecule has 0 amide bonds. The highest BCUT2D eigenvalue weighted by Gasteiger charge is 2.44. The van der Waals surface area contributed by atoms with Crippen molar-refractivity contribution < 1.29 is 19.1 Å². The number of rotatable bonds is 2. The van der Waals surface area contributed by atoms with Gasteiger partial charge in [-0.3, -0.25) is 4.90 Å². The third kappa shape index (κ3) is 2.57. The second-order valence-electron chi connectivity index (χ2n) is 5.49. The van der Waals surface area contributed by atoms with Gasteiger partial charge in [0, 0.05) is 19.3 Å². The smallest absolute Gasteiger partial charge is 0.118 e. The minimum atomic E-state index is -2.99. The molecular formula is C17H25NO2. The molecule has 20 heavy (non-hydrogen) atoms. The lowest BCUT2D eigenvalue weighted by Crippen LogP contribution is -2.52. The van der Waals surface area contributed by atoms with Crippen LogP contribution in [0.3, 0.4) is 0 Å². The third-order valence-corrected chi connectivity index (χ3v) is 4.27.